The molecular weight excluding hydrogens is 220 g/mol. The lowest BCUT2D eigenvalue weighted by atomic mass is 10.1. The van der Waals surface area contributed by atoms with E-state index in [2.05, 4.69) is 0 Å². The molecule has 0 spiro atoms. The smallest absolute Gasteiger partial charge is 0.410 e. The van der Waals surface area contributed by atoms with Gasteiger partial charge in [0.05, 0.1) is 25.3 Å². The van der Waals surface area contributed by atoms with Gasteiger partial charge in [0.1, 0.15) is 5.60 Å². The van der Waals surface area contributed by atoms with Crippen molar-refractivity contribution in [3.05, 3.63) is 0 Å². The first-order valence-electron chi connectivity index (χ1n) is 6.15. The van der Waals surface area contributed by atoms with Crippen molar-refractivity contribution in [2.75, 3.05) is 19.6 Å². The molecule has 1 heterocycles. The van der Waals surface area contributed by atoms with E-state index in [4.69, 9.17) is 15.2 Å². The van der Waals surface area contributed by atoms with Crippen molar-refractivity contribution in [2.45, 2.75) is 51.9 Å². The first-order chi connectivity index (χ1) is 7.81. The summed E-state index contributed by atoms with van der Waals surface area (Å²) in [5.74, 6) is 0. The predicted octanol–water partition coefficient (Wildman–Crippen LogP) is 1.36. The summed E-state index contributed by atoms with van der Waals surface area (Å²) in [5, 5.41) is 0. The van der Waals surface area contributed by atoms with Gasteiger partial charge < -0.3 is 20.1 Å². The van der Waals surface area contributed by atoms with E-state index >= 15 is 0 Å². The summed E-state index contributed by atoms with van der Waals surface area (Å²) in [6, 6.07) is 0. The van der Waals surface area contributed by atoms with Crippen LogP contribution in [0.25, 0.3) is 0 Å². The van der Waals surface area contributed by atoms with Crippen molar-refractivity contribution in [2.24, 2.45) is 5.73 Å². The first-order valence-corrected chi connectivity index (χ1v) is 6.15. The van der Waals surface area contributed by atoms with Crippen molar-refractivity contribution in [1.29, 1.82) is 0 Å². The third-order valence-electron chi connectivity index (χ3n) is 2.47. The van der Waals surface area contributed by atoms with Crippen LogP contribution in [-0.4, -0.2) is 48.4 Å². The topological polar surface area (TPSA) is 64.8 Å². The van der Waals surface area contributed by atoms with Crippen molar-refractivity contribution in [1.82, 2.24) is 4.90 Å². The molecule has 0 radical (unpaired) electrons. The summed E-state index contributed by atoms with van der Waals surface area (Å²) < 4.78 is 11.1. The summed E-state index contributed by atoms with van der Waals surface area (Å²) in [5.41, 5.74) is 5.06. The molecule has 0 aliphatic carbocycles. The van der Waals surface area contributed by atoms with E-state index < -0.39 is 5.60 Å². The Morgan fingerprint density at radius 1 is 1.47 bits per heavy atom. The molecule has 5 heteroatoms. The normalized spacial score (nSPS) is 25.8. The Bertz CT molecular complexity index is 263. The molecule has 1 rings (SSSR count). The molecule has 1 amide bonds. The molecule has 17 heavy (non-hydrogen) atoms. The number of morpholine rings is 1. The first kappa shape index (κ1) is 14.3. The van der Waals surface area contributed by atoms with E-state index in [1.165, 1.54) is 0 Å². The van der Waals surface area contributed by atoms with Gasteiger partial charge in [0.15, 0.2) is 0 Å². The molecule has 1 saturated heterocycles. The highest BCUT2D eigenvalue weighted by Gasteiger charge is 2.30. The molecule has 0 aromatic carbocycles. The highest BCUT2D eigenvalue weighted by molar-refractivity contribution is 5.68. The number of hydrogen-bond acceptors (Lipinski definition) is 4. The van der Waals surface area contributed by atoms with Crippen LogP contribution in [0.3, 0.4) is 0 Å². The van der Waals surface area contributed by atoms with Gasteiger partial charge >= 0.3 is 6.09 Å². The van der Waals surface area contributed by atoms with Gasteiger partial charge in [-0.2, -0.15) is 0 Å². The largest absolute Gasteiger partial charge is 0.444 e. The van der Waals surface area contributed by atoms with E-state index in [9.17, 15) is 4.79 Å². The number of ether oxygens (including phenoxy) is 2. The third-order valence-corrected chi connectivity index (χ3v) is 2.47. The van der Waals surface area contributed by atoms with Crippen molar-refractivity contribution < 1.29 is 14.3 Å². The quantitative estimate of drug-likeness (QED) is 0.796. The summed E-state index contributed by atoms with van der Waals surface area (Å²) >= 11 is 0. The lowest BCUT2D eigenvalue weighted by Crippen LogP contribution is -2.50. The molecule has 2 unspecified atom stereocenters. The average molecular weight is 244 g/mol. The number of amides is 1. The van der Waals surface area contributed by atoms with Gasteiger partial charge in [-0.3, -0.25) is 0 Å². The highest BCUT2D eigenvalue weighted by atomic mass is 16.6. The molecule has 2 atom stereocenters. The minimum atomic E-state index is -0.456. The fourth-order valence-electron chi connectivity index (χ4n) is 1.87. The fraction of sp³-hybridized carbons (Fsp3) is 0.917. The lowest BCUT2D eigenvalue weighted by molar-refractivity contribution is -0.0812. The second-order valence-electron chi connectivity index (χ2n) is 5.53. The highest BCUT2D eigenvalue weighted by Crippen LogP contribution is 2.17. The van der Waals surface area contributed by atoms with Gasteiger partial charge in [-0.1, -0.05) is 0 Å². The molecule has 0 aromatic rings. The predicted molar refractivity (Wildman–Crippen MR) is 65.8 cm³/mol. The number of rotatable bonds is 2. The Morgan fingerprint density at radius 3 is 2.65 bits per heavy atom. The number of nitrogens with two attached hydrogens (primary N) is 1. The molecule has 1 aliphatic heterocycles. The van der Waals surface area contributed by atoms with Crippen LogP contribution in [0, 0.1) is 0 Å². The Morgan fingerprint density at radius 2 is 2.12 bits per heavy atom. The van der Waals surface area contributed by atoms with Gasteiger partial charge in [0.2, 0.25) is 0 Å². The number of carbonyl (C=O) groups is 1. The molecule has 0 aromatic heterocycles. The Balaban J connectivity index is 2.54. The molecule has 0 saturated carbocycles. The standard InChI is InChI=1S/C12H24N2O3/c1-9-7-14(8-10(16-9)5-6-13)11(15)17-12(2,3)4/h9-10H,5-8,13H2,1-4H3. The zero-order valence-electron chi connectivity index (χ0n) is 11.2. The van der Waals surface area contributed by atoms with Gasteiger partial charge in [0, 0.05) is 0 Å². The maximum absolute atomic E-state index is 11.9. The van der Waals surface area contributed by atoms with E-state index in [0.717, 1.165) is 6.42 Å². The molecule has 100 valence electrons. The van der Waals surface area contributed by atoms with E-state index in [1.54, 1.807) is 4.90 Å². The van der Waals surface area contributed by atoms with Gasteiger partial charge in [-0.05, 0) is 40.7 Å². The third kappa shape index (κ3) is 4.91. The maximum atomic E-state index is 11.9. The van der Waals surface area contributed by atoms with Crippen molar-refractivity contribution >= 4 is 6.09 Å². The maximum Gasteiger partial charge on any atom is 0.410 e. The Labute approximate surface area is 103 Å². The minimum absolute atomic E-state index is 0.0243. The summed E-state index contributed by atoms with van der Waals surface area (Å²) in [7, 11) is 0. The van der Waals surface area contributed by atoms with Crippen molar-refractivity contribution in [3.8, 4) is 0 Å². The van der Waals surface area contributed by atoms with Gasteiger partial charge in [-0.25, -0.2) is 4.79 Å². The molecule has 1 aliphatic rings. The molecule has 1 fully saturated rings. The molecular formula is C12H24N2O3. The van der Waals surface area contributed by atoms with Crippen molar-refractivity contribution in [3.63, 3.8) is 0 Å². The van der Waals surface area contributed by atoms with Gasteiger partial charge in [-0.15, -0.1) is 0 Å². The zero-order valence-corrected chi connectivity index (χ0v) is 11.2. The van der Waals surface area contributed by atoms with Crippen LogP contribution in [0.2, 0.25) is 0 Å². The van der Waals surface area contributed by atoms with E-state index in [1.807, 2.05) is 27.7 Å². The number of hydrogen-bond donors (Lipinski definition) is 1. The summed E-state index contributed by atoms with van der Waals surface area (Å²) in [4.78, 5) is 13.6. The van der Waals surface area contributed by atoms with E-state index in [0.29, 0.717) is 19.6 Å². The number of carbonyl (C=O) groups excluding carboxylic acids is 1. The van der Waals surface area contributed by atoms with E-state index in [-0.39, 0.29) is 18.3 Å². The average Bonchev–Trinajstić information content (AvgIpc) is 2.14. The number of nitrogens with zero attached hydrogens (tertiary/aromatic N) is 1. The van der Waals surface area contributed by atoms with Gasteiger partial charge in [0.25, 0.3) is 0 Å². The summed E-state index contributed by atoms with van der Waals surface area (Å²) in [6.45, 7) is 9.27. The van der Waals surface area contributed by atoms with Crippen LogP contribution in [0.4, 0.5) is 4.79 Å². The van der Waals surface area contributed by atoms with Crippen LogP contribution < -0.4 is 5.73 Å². The Kier molecular flexibility index (Phi) is 4.77. The monoisotopic (exact) mass is 244 g/mol. The zero-order chi connectivity index (χ0) is 13.1. The lowest BCUT2D eigenvalue weighted by Gasteiger charge is -2.37. The second kappa shape index (κ2) is 5.69. The molecule has 5 nitrogen and oxygen atoms in total. The van der Waals surface area contributed by atoms with Crippen LogP contribution in [0.1, 0.15) is 34.1 Å². The van der Waals surface area contributed by atoms with Crippen LogP contribution in [0.15, 0.2) is 0 Å². The van der Waals surface area contributed by atoms with Crippen LogP contribution >= 0.6 is 0 Å². The summed E-state index contributed by atoms with van der Waals surface area (Å²) in [6.07, 6.45) is 0.558. The molecule has 2 N–H and O–H groups in total. The molecule has 0 bridgehead atoms. The Hall–Kier alpha value is -0.810. The van der Waals surface area contributed by atoms with Crippen LogP contribution in [0.5, 0.6) is 0 Å². The second-order valence-corrected chi connectivity index (χ2v) is 5.53. The minimum Gasteiger partial charge on any atom is -0.444 e. The SMILES string of the molecule is CC1CN(C(=O)OC(C)(C)C)CC(CCN)O1. The van der Waals surface area contributed by atoms with Crippen LogP contribution in [-0.2, 0) is 9.47 Å². The fourth-order valence-corrected chi connectivity index (χ4v) is 1.87.